The minimum atomic E-state index is -0.182. The van der Waals surface area contributed by atoms with Crippen LogP contribution in [0.15, 0.2) is 0 Å². The number of likely N-dealkylation sites (tertiary alicyclic amines) is 2. The highest BCUT2D eigenvalue weighted by atomic mass is 16.5. The lowest BCUT2D eigenvalue weighted by Gasteiger charge is -2.29. The summed E-state index contributed by atoms with van der Waals surface area (Å²) in [6.07, 6.45) is 11.3. The smallest absolute Gasteiger partial charge is 0.306 e. The standard InChI is InChI=1S/C20H36N2O3/c1-2-3-4-7-12-20(24)25-18(17-22-15-10-11-19(22)23)16-21-13-8-5-6-9-14-21/h18H,2-17H2,1H3. The van der Waals surface area contributed by atoms with E-state index >= 15 is 0 Å². The fraction of sp³-hybridized carbons (Fsp3) is 0.900. The molecule has 0 aromatic rings. The molecule has 144 valence electrons. The number of rotatable bonds is 10. The summed E-state index contributed by atoms with van der Waals surface area (Å²) >= 11 is 0. The largest absolute Gasteiger partial charge is 0.459 e. The van der Waals surface area contributed by atoms with Gasteiger partial charge < -0.3 is 9.64 Å². The molecule has 1 unspecified atom stereocenters. The fourth-order valence-electron chi connectivity index (χ4n) is 3.82. The highest BCUT2D eigenvalue weighted by molar-refractivity contribution is 5.78. The number of carbonyl (C=O) groups excluding carboxylic acids is 2. The van der Waals surface area contributed by atoms with E-state index in [1.54, 1.807) is 0 Å². The van der Waals surface area contributed by atoms with Crippen molar-refractivity contribution in [2.45, 2.75) is 83.7 Å². The van der Waals surface area contributed by atoms with Gasteiger partial charge >= 0.3 is 5.97 Å². The number of hydrogen-bond acceptors (Lipinski definition) is 4. The Labute approximate surface area is 153 Å². The van der Waals surface area contributed by atoms with Crippen molar-refractivity contribution in [3.8, 4) is 0 Å². The molecule has 2 aliphatic rings. The maximum atomic E-state index is 12.2. The SMILES string of the molecule is CCCCCCC(=O)OC(CN1CCCCCC1)CN1CCCC1=O. The van der Waals surface area contributed by atoms with Crippen LogP contribution in [0.5, 0.6) is 0 Å². The zero-order valence-corrected chi connectivity index (χ0v) is 16.0. The van der Waals surface area contributed by atoms with E-state index in [0.29, 0.717) is 19.4 Å². The lowest BCUT2D eigenvalue weighted by atomic mass is 10.1. The monoisotopic (exact) mass is 352 g/mol. The fourth-order valence-corrected chi connectivity index (χ4v) is 3.82. The number of unbranched alkanes of at least 4 members (excludes halogenated alkanes) is 3. The predicted molar refractivity (Wildman–Crippen MR) is 99.4 cm³/mol. The summed E-state index contributed by atoms with van der Waals surface area (Å²) in [5.41, 5.74) is 0. The van der Waals surface area contributed by atoms with E-state index in [4.69, 9.17) is 4.74 Å². The van der Waals surface area contributed by atoms with Crippen LogP contribution in [0.2, 0.25) is 0 Å². The Morgan fingerprint density at radius 2 is 1.76 bits per heavy atom. The van der Waals surface area contributed by atoms with Gasteiger partial charge in [-0.15, -0.1) is 0 Å². The second-order valence-electron chi connectivity index (χ2n) is 7.58. The summed E-state index contributed by atoms with van der Waals surface area (Å²) < 4.78 is 5.81. The minimum absolute atomic E-state index is 0.0948. The summed E-state index contributed by atoms with van der Waals surface area (Å²) in [4.78, 5) is 28.5. The van der Waals surface area contributed by atoms with Gasteiger partial charge in [0.25, 0.3) is 0 Å². The molecule has 0 saturated carbocycles. The van der Waals surface area contributed by atoms with E-state index in [-0.39, 0.29) is 18.0 Å². The molecular formula is C20H36N2O3. The molecule has 5 nitrogen and oxygen atoms in total. The van der Waals surface area contributed by atoms with Crippen molar-refractivity contribution >= 4 is 11.9 Å². The molecule has 1 atom stereocenters. The average Bonchev–Trinajstić information content (AvgIpc) is 2.84. The molecular weight excluding hydrogens is 316 g/mol. The van der Waals surface area contributed by atoms with Gasteiger partial charge in [-0.05, 0) is 38.8 Å². The summed E-state index contributed by atoms with van der Waals surface area (Å²) in [6, 6.07) is 0. The van der Waals surface area contributed by atoms with Crippen molar-refractivity contribution in [3.63, 3.8) is 0 Å². The molecule has 2 fully saturated rings. The van der Waals surface area contributed by atoms with Crippen LogP contribution in [0.25, 0.3) is 0 Å². The van der Waals surface area contributed by atoms with Crippen LogP contribution in [0.3, 0.4) is 0 Å². The molecule has 0 aliphatic carbocycles. The number of nitrogens with zero attached hydrogens (tertiary/aromatic N) is 2. The van der Waals surface area contributed by atoms with Gasteiger partial charge in [0.15, 0.2) is 0 Å². The highest BCUT2D eigenvalue weighted by Crippen LogP contribution is 2.15. The topological polar surface area (TPSA) is 49.9 Å². The van der Waals surface area contributed by atoms with Crippen LogP contribution in [0, 0.1) is 0 Å². The second kappa shape index (κ2) is 11.5. The molecule has 2 saturated heterocycles. The molecule has 0 spiro atoms. The first-order valence-electron chi connectivity index (χ1n) is 10.4. The summed E-state index contributed by atoms with van der Waals surface area (Å²) in [5.74, 6) is 0.113. The van der Waals surface area contributed by atoms with E-state index in [1.165, 1.54) is 38.5 Å². The number of esters is 1. The van der Waals surface area contributed by atoms with Crippen molar-refractivity contribution in [2.75, 3.05) is 32.7 Å². The van der Waals surface area contributed by atoms with Gasteiger partial charge in [-0.3, -0.25) is 14.5 Å². The van der Waals surface area contributed by atoms with E-state index in [2.05, 4.69) is 11.8 Å². The van der Waals surface area contributed by atoms with E-state index < -0.39 is 0 Å². The van der Waals surface area contributed by atoms with Crippen LogP contribution in [0.4, 0.5) is 0 Å². The van der Waals surface area contributed by atoms with Gasteiger partial charge in [-0.2, -0.15) is 0 Å². The van der Waals surface area contributed by atoms with Crippen LogP contribution in [-0.4, -0.2) is 60.5 Å². The van der Waals surface area contributed by atoms with Crippen molar-refractivity contribution in [2.24, 2.45) is 0 Å². The van der Waals surface area contributed by atoms with E-state index in [9.17, 15) is 9.59 Å². The molecule has 2 heterocycles. The lowest BCUT2D eigenvalue weighted by Crippen LogP contribution is -2.43. The molecule has 2 aliphatic heterocycles. The van der Waals surface area contributed by atoms with Gasteiger partial charge in [0.05, 0.1) is 6.54 Å². The van der Waals surface area contributed by atoms with Gasteiger partial charge in [-0.25, -0.2) is 0 Å². The number of carbonyl (C=O) groups is 2. The maximum absolute atomic E-state index is 12.2. The molecule has 0 radical (unpaired) electrons. The minimum Gasteiger partial charge on any atom is -0.459 e. The Balaban J connectivity index is 1.83. The zero-order chi connectivity index (χ0) is 17.9. The lowest BCUT2D eigenvalue weighted by molar-refractivity contribution is -0.152. The van der Waals surface area contributed by atoms with Crippen LogP contribution in [0.1, 0.15) is 77.6 Å². The molecule has 2 rings (SSSR count). The van der Waals surface area contributed by atoms with Gasteiger partial charge in [0.2, 0.25) is 5.91 Å². The maximum Gasteiger partial charge on any atom is 0.306 e. The predicted octanol–water partition coefficient (Wildman–Crippen LogP) is 3.37. The molecule has 0 N–H and O–H groups in total. The molecule has 0 aromatic heterocycles. The third-order valence-corrected chi connectivity index (χ3v) is 5.29. The van der Waals surface area contributed by atoms with Crippen molar-refractivity contribution < 1.29 is 14.3 Å². The van der Waals surface area contributed by atoms with E-state index in [1.807, 2.05) is 4.90 Å². The highest BCUT2D eigenvalue weighted by Gasteiger charge is 2.27. The van der Waals surface area contributed by atoms with Crippen LogP contribution < -0.4 is 0 Å². The third-order valence-electron chi connectivity index (χ3n) is 5.29. The Morgan fingerprint density at radius 1 is 1.00 bits per heavy atom. The Hall–Kier alpha value is -1.10. The first kappa shape index (κ1) is 20.2. The third kappa shape index (κ3) is 7.76. The van der Waals surface area contributed by atoms with Gasteiger partial charge in [0.1, 0.15) is 6.10 Å². The van der Waals surface area contributed by atoms with Crippen LogP contribution in [-0.2, 0) is 14.3 Å². The van der Waals surface area contributed by atoms with Crippen molar-refractivity contribution in [3.05, 3.63) is 0 Å². The molecule has 5 heteroatoms. The molecule has 0 aromatic carbocycles. The van der Waals surface area contributed by atoms with Crippen LogP contribution >= 0.6 is 0 Å². The van der Waals surface area contributed by atoms with Gasteiger partial charge in [-0.1, -0.05) is 39.0 Å². The molecule has 25 heavy (non-hydrogen) atoms. The Kier molecular flexibility index (Phi) is 9.30. The normalized spacial score (nSPS) is 20.5. The second-order valence-corrected chi connectivity index (χ2v) is 7.58. The Morgan fingerprint density at radius 3 is 2.40 bits per heavy atom. The first-order valence-corrected chi connectivity index (χ1v) is 10.4. The average molecular weight is 353 g/mol. The molecule has 0 bridgehead atoms. The quantitative estimate of drug-likeness (QED) is 0.447. The zero-order valence-electron chi connectivity index (χ0n) is 16.0. The molecule has 1 amide bonds. The number of hydrogen-bond donors (Lipinski definition) is 0. The van der Waals surface area contributed by atoms with Gasteiger partial charge in [0, 0.05) is 25.9 Å². The number of ether oxygens (including phenoxy) is 1. The Bertz CT molecular complexity index is 406. The van der Waals surface area contributed by atoms with E-state index in [0.717, 1.165) is 45.4 Å². The summed E-state index contributed by atoms with van der Waals surface area (Å²) in [7, 11) is 0. The van der Waals surface area contributed by atoms with Crippen molar-refractivity contribution in [1.29, 1.82) is 0 Å². The summed E-state index contributed by atoms with van der Waals surface area (Å²) in [5, 5.41) is 0. The first-order chi connectivity index (χ1) is 12.2. The number of amides is 1. The summed E-state index contributed by atoms with van der Waals surface area (Å²) in [6.45, 7) is 6.48. The van der Waals surface area contributed by atoms with Crippen molar-refractivity contribution in [1.82, 2.24) is 9.80 Å².